The van der Waals surface area contributed by atoms with Crippen molar-refractivity contribution in [1.29, 1.82) is 0 Å². The van der Waals surface area contributed by atoms with Crippen LogP contribution in [0.15, 0.2) is 17.3 Å². The van der Waals surface area contributed by atoms with Gasteiger partial charge in [-0.2, -0.15) is 5.10 Å². The van der Waals surface area contributed by atoms with E-state index >= 15 is 0 Å². The number of thiocarbonyl (C=S) groups is 1. The Hall–Kier alpha value is -0.990. The highest BCUT2D eigenvalue weighted by Gasteiger charge is 2.22. The zero-order valence-corrected chi connectivity index (χ0v) is 11.4. The molecular weight excluding hydrogens is 260 g/mol. The van der Waals surface area contributed by atoms with Crippen molar-refractivity contribution in [3.8, 4) is 0 Å². The molecule has 1 aromatic heterocycles. The van der Waals surface area contributed by atoms with E-state index in [0.29, 0.717) is 6.42 Å². The van der Waals surface area contributed by atoms with Gasteiger partial charge in [0.1, 0.15) is 4.90 Å². The van der Waals surface area contributed by atoms with Gasteiger partial charge in [0.05, 0.1) is 17.2 Å². The number of sulfonamides is 1. The zero-order chi connectivity index (χ0) is 13.1. The summed E-state index contributed by atoms with van der Waals surface area (Å²) in [5, 5.41) is 3.81. The van der Waals surface area contributed by atoms with E-state index in [2.05, 4.69) is 9.82 Å². The minimum Gasteiger partial charge on any atom is -0.392 e. The Morgan fingerprint density at radius 3 is 2.76 bits per heavy atom. The van der Waals surface area contributed by atoms with Crippen molar-refractivity contribution in [2.24, 2.45) is 12.8 Å². The Morgan fingerprint density at radius 2 is 2.35 bits per heavy atom. The van der Waals surface area contributed by atoms with Crippen molar-refractivity contribution in [2.45, 2.75) is 30.7 Å². The molecule has 0 aliphatic rings. The van der Waals surface area contributed by atoms with Crippen LogP contribution >= 0.6 is 12.2 Å². The predicted octanol–water partition coefficient (Wildman–Crippen LogP) is 0.153. The Morgan fingerprint density at radius 1 is 1.71 bits per heavy atom. The molecule has 0 aromatic carbocycles. The first-order valence-corrected chi connectivity index (χ1v) is 7.06. The van der Waals surface area contributed by atoms with Gasteiger partial charge in [-0.15, -0.1) is 0 Å². The molecule has 1 heterocycles. The van der Waals surface area contributed by atoms with Crippen LogP contribution in [-0.4, -0.2) is 29.2 Å². The van der Waals surface area contributed by atoms with E-state index in [9.17, 15) is 8.42 Å². The number of hydrogen-bond donors (Lipinski definition) is 2. The number of nitrogens with zero attached hydrogens (tertiary/aromatic N) is 2. The predicted molar refractivity (Wildman–Crippen MR) is 69.0 cm³/mol. The van der Waals surface area contributed by atoms with Crippen molar-refractivity contribution >= 4 is 27.2 Å². The van der Waals surface area contributed by atoms with E-state index in [1.165, 1.54) is 17.1 Å². The van der Waals surface area contributed by atoms with Crippen LogP contribution in [0.1, 0.15) is 19.8 Å². The number of hydrogen-bond acceptors (Lipinski definition) is 4. The molecule has 0 saturated carbocycles. The fraction of sp³-hybridized carbons (Fsp3) is 0.556. The van der Waals surface area contributed by atoms with Gasteiger partial charge < -0.3 is 5.73 Å². The van der Waals surface area contributed by atoms with Gasteiger partial charge in [0.2, 0.25) is 10.0 Å². The summed E-state index contributed by atoms with van der Waals surface area (Å²) in [6.07, 6.45) is 4.07. The van der Waals surface area contributed by atoms with Crippen molar-refractivity contribution in [3.05, 3.63) is 12.4 Å². The van der Waals surface area contributed by atoms with Crippen LogP contribution in [0.3, 0.4) is 0 Å². The molecule has 1 atom stereocenters. The van der Waals surface area contributed by atoms with Gasteiger partial charge >= 0.3 is 0 Å². The molecule has 3 N–H and O–H groups in total. The summed E-state index contributed by atoms with van der Waals surface area (Å²) < 4.78 is 27.8. The van der Waals surface area contributed by atoms with Gasteiger partial charge in [-0.1, -0.05) is 25.6 Å². The zero-order valence-electron chi connectivity index (χ0n) is 9.75. The molecule has 17 heavy (non-hydrogen) atoms. The smallest absolute Gasteiger partial charge is 0.244 e. The fourth-order valence-electron chi connectivity index (χ4n) is 1.34. The monoisotopic (exact) mass is 276 g/mol. The van der Waals surface area contributed by atoms with E-state index in [1.54, 1.807) is 7.05 Å². The molecule has 1 unspecified atom stereocenters. The molecule has 0 fully saturated rings. The Balaban J connectivity index is 2.88. The number of rotatable bonds is 6. The number of nitrogens with two attached hydrogens (primary N) is 1. The molecule has 0 saturated heterocycles. The molecule has 0 aliphatic heterocycles. The minimum atomic E-state index is -3.61. The van der Waals surface area contributed by atoms with Crippen molar-refractivity contribution in [3.63, 3.8) is 0 Å². The molecule has 96 valence electrons. The number of nitrogens with one attached hydrogen (secondary N) is 1. The summed E-state index contributed by atoms with van der Waals surface area (Å²) in [4.78, 5) is 0.261. The molecule has 0 bridgehead atoms. The van der Waals surface area contributed by atoms with Gasteiger partial charge in [-0.25, -0.2) is 13.1 Å². The lowest BCUT2D eigenvalue weighted by molar-refractivity contribution is 0.567. The largest absolute Gasteiger partial charge is 0.392 e. The second-order valence-corrected chi connectivity index (χ2v) is 5.90. The first-order chi connectivity index (χ1) is 7.86. The van der Waals surface area contributed by atoms with Gasteiger partial charge in [-0.3, -0.25) is 4.68 Å². The Bertz CT molecular complexity index is 495. The van der Waals surface area contributed by atoms with E-state index in [0.717, 1.165) is 6.42 Å². The highest BCUT2D eigenvalue weighted by molar-refractivity contribution is 7.89. The van der Waals surface area contributed by atoms with E-state index in [1.807, 2.05) is 6.92 Å². The van der Waals surface area contributed by atoms with E-state index < -0.39 is 16.1 Å². The maximum absolute atomic E-state index is 12.0. The summed E-state index contributed by atoms with van der Waals surface area (Å²) in [5.74, 6) is 0. The van der Waals surface area contributed by atoms with Crippen LogP contribution in [0.5, 0.6) is 0 Å². The van der Waals surface area contributed by atoms with Gasteiger partial charge in [0.15, 0.2) is 0 Å². The Kier molecular flexibility index (Phi) is 4.61. The molecule has 0 radical (unpaired) electrons. The topological polar surface area (TPSA) is 90.0 Å². The lowest BCUT2D eigenvalue weighted by atomic mass is 10.2. The van der Waals surface area contributed by atoms with Crippen LogP contribution in [0.25, 0.3) is 0 Å². The van der Waals surface area contributed by atoms with E-state index in [-0.39, 0.29) is 9.88 Å². The number of aromatic nitrogens is 2. The van der Waals surface area contributed by atoms with Crippen LogP contribution in [0.4, 0.5) is 0 Å². The molecule has 0 spiro atoms. The highest BCUT2D eigenvalue weighted by Crippen LogP contribution is 2.09. The molecule has 0 aliphatic carbocycles. The third-order valence-electron chi connectivity index (χ3n) is 2.21. The first kappa shape index (κ1) is 14.1. The number of aryl methyl sites for hydroxylation is 1. The minimum absolute atomic E-state index is 0.109. The van der Waals surface area contributed by atoms with Crippen molar-refractivity contribution in [2.75, 3.05) is 0 Å². The van der Waals surface area contributed by atoms with E-state index in [4.69, 9.17) is 18.0 Å². The maximum Gasteiger partial charge on any atom is 0.244 e. The molecule has 1 aromatic rings. The van der Waals surface area contributed by atoms with Gasteiger partial charge in [-0.05, 0) is 6.42 Å². The molecule has 6 nitrogen and oxygen atoms in total. The lowest BCUT2D eigenvalue weighted by Gasteiger charge is -2.15. The second kappa shape index (κ2) is 5.56. The average molecular weight is 276 g/mol. The SMILES string of the molecule is CCCC(NS(=O)(=O)c1cnn(C)c1)C(N)=S. The van der Waals surface area contributed by atoms with Gasteiger partial charge in [0, 0.05) is 13.2 Å². The third kappa shape index (κ3) is 3.76. The molecular formula is C9H16N4O2S2. The first-order valence-electron chi connectivity index (χ1n) is 5.17. The summed E-state index contributed by atoms with van der Waals surface area (Å²) >= 11 is 4.84. The average Bonchev–Trinajstić information content (AvgIpc) is 2.64. The van der Waals surface area contributed by atoms with Crippen molar-refractivity contribution in [1.82, 2.24) is 14.5 Å². The summed E-state index contributed by atoms with van der Waals surface area (Å²) in [6, 6.07) is -0.514. The van der Waals surface area contributed by atoms with Crippen molar-refractivity contribution < 1.29 is 8.42 Å². The summed E-state index contributed by atoms with van der Waals surface area (Å²) in [5.41, 5.74) is 5.50. The fourth-order valence-corrected chi connectivity index (χ4v) is 2.82. The highest BCUT2D eigenvalue weighted by atomic mass is 32.2. The normalized spacial score (nSPS) is 13.5. The lowest BCUT2D eigenvalue weighted by Crippen LogP contribution is -2.43. The third-order valence-corrected chi connectivity index (χ3v) is 3.92. The van der Waals surface area contributed by atoms with Crippen LogP contribution in [0, 0.1) is 0 Å². The van der Waals surface area contributed by atoms with Gasteiger partial charge in [0.25, 0.3) is 0 Å². The van der Waals surface area contributed by atoms with Crippen LogP contribution in [-0.2, 0) is 17.1 Å². The summed E-state index contributed by atoms with van der Waals surface area (Å²) in [6.45, 7) is 1.93. The Labute approximate surface area is 106 Å². The molecule has 0 amide bonds. The summed E-state index contributed by atoms with van der Waals surface area (Å²) in [7, 11) is -1.96. The molecule has 1 rings (SSSR count). The maximum atomic E-state index is 12.0. The van der Waals surface area contributed by atoms with Crippen LogP contribution < -0.4 is 10.5 Å². The molecule has 8 heteroatoms. The van der Waals surface area contributed by atoms with Crippen LogP contribution in [0.2, 0.25) is 0 Å². The quantitative estimate of drug-likeness (QED) is 0.722. The second-order valence-electron chi connectivity index (χ2n) is 3.71. The standard InChI is InChI=1S/C9H16N4O2S2/c1-3-4-8(9(10)16)12-17(14,15)7-5-11-13(2)6-7/h5-6,8,12H,3-4H2,1-2H3,(H2,10,16).